The highest BCUT2D eigenvalue weighted by Gasteiger charge is 2.13. The number of nitriles is 1. The summed E-state index contributed by atoms with van der Waals surface area (Å²) in [6.45, 7) is 2.11. The lowest BCUT2D eigenvalue weighted by Gasteiger charge is -2.09. The summed E-state index contributed by atoms with van der Waals surface area (Å²) < 4.78 is 10.9. The minimum atomic E-state index is -0.303. The highest BCUT2D eigenvalue weighted by molar-refractivity contribution is 14.1. The van der Waals surface area contributed by atoms with Gasteiger partial charge < -0.3 is 9.47 Å². The summed E-state index contributed by atoms with van der Waals surface area (Å²) in [5, 5.41) is 8.89. The molecule has 0 saturated carbocycles. The van der Waals surface area contributed by atoms with Crippen molar-refractivity contribution in [1.29, 1.82) is 5.26 Å². The van der Waals surface area contributed by atoms with E-state index in [1.165, 1.54) is 7.11 Å². The fourth-order valence-corrected chi connectivity index (χ4v) is 2.09. The summed E-state index contributed by atoms with van der Waals surface area (Å²) in [6.07, 6.45) is 0.151. The van der Waals surface area contributed by atoms with Gasteiger partial charge in [-0.3, -0.25) is 4.79 Å². The molecule has 0 aliphatic rings. The Morgan fingerprint density at radius 1 is 1.53 bits per heavy atom. The van der Waals surface area contributed by atoms with Crippen molar-refractivity contribution in [3.8, 4) is 11.8 Å². The first-order valence-electron chi connectivity index (χ1n) is 5.04. The van der Waals surface area contributed by atoms with Crippen LogP contribution >= 0.6 is 22.6 Å². The van der Waals surface area contributed by atoms with Crippen LogP contribution < -0.4 is 4.74 Å². The van der Waals surface area contributed by atoms with Crippen molar-refractivity contribution in [1.82, 2.24) is 0 Å². The van der Waals surface area contributed by atoms with Gasteiger partial charge in [-0.25, -0.2) is 0 Å². The molecule has 0 saturated heterocycles. The SMILES string of the molecule is CCOC(=O)Cc1cc(C#N)cc(OC)c1I. The number of carbonyl (C=O) groups excluding carboxylic acids is 1. The highest BCUT2D eigenvalue weighted by atomic mass is 127. The second kappa shape index (κ2) is 6.45. The van der Waals surface area contributed by atoms with Crippen molar-refractivity contribution in [3.05, 3.63) is 26.8 Å². The summed E-state index contributed by atoms with van der Waals surface area (Å²) in [4.78, 5) is 11.4. The van der Waals surface area contributed by atoms with E-state index >= 15 is 0 Å². The molecule has 0 radical (unpaired) electrons. The van der Waals surface area contributed by atoms with E-state index in [1.807, 2.05) is 6.07 Å². The van der Waals surface area contributed by atoms with Crippen molar-refractivity contribution in [2.75, 3.05) is 13.7 Å². The number of nitrogens with zero attached hydrogens (tertiary/aromatic N) is 1. The molecule has 1 rings (SSSR count). The van der Waals surface area contributed by atoms with Crippen LogP contribution in [0, 0.1) is 14.9 Å². The Labute approximate surface area is 114 Å². The molecule has 0 amide bonds. The van der Waals surface area contributed by atoms with Crippen LogP contribution in [0.1, 0.15) is 18.1 Å². The van der Waals surface area contributed by atoms with E-state index in [2.05, 4.69) is 22.6 Å². The molecule has 17 heavy (non-hydrogen) atoms. The maximum Gasteiger partial charge on any atom is 0.310 e. The zero-order valence-corrected chi connectivity index (χ0v) is 11.8. The molecule has 0 fully saturated rings. The molecule has 0 aliphatic heterocycles. The van der Waals surface area contributed by atoms with Gasteiger partial charge in [0.05, 0.1) is 35.3 Å². The maximum atomic E-state index is 11.4. The molecule has 0 aromatic heterocycles. The van der Waals surface area contributed by atoms with Gasteiger partial charge in [0.2, 0.25) is 0 Å². The standard InChI is InChI=1S/C12H12INO3/c1-3-17-11(15)6-9-4-8(7-14)5-10(16-2)12(9)13/h4-5H,3,6H2,1-2H3. The fourth-order valence-electron chi connectivity index (χ4n) is 1.36. The van der Waals surface area contributed by atoms with Gasteiger partial charge in [-0.1, -0.05) is 0 Å². The summed E-state index contributed by atoms with van der Waals surface area (Å²) >= 11 is 2.09. The van der Waals surface area contributed by atoms with Crippen LogP contribution in [-0.4, -0.2) is 19.7 Å². The van der Waals surface area contributed by atoms with E-state index in [9.17, 15) is 4.79 Å². The molecule has 4 nitrogen and oxygen atoms in total. The van der Waals surface area contributed by atoms with Crippen molar-refractivity contribution in [3.63, 3.8) is 0 Å². The second-order valence-corrected chi connectivity index (χ2v) is 4.32. The predicted molar refractivity (Wildman–Crippen MR) is 70.8 cm³/mol. The third-order valence-electron chi connectivity index (χ3n) is 2.10. The molecule has 0 N–H and O–H groups in total. The predicted octanol–water partition coefficient (Wildman–Crippen LogP) is 2.28. The lowest BCUT2D eigenvalue weighted by Crippen LogP contribution is -2.09. The molecule has 0 bridgehead atoms. The van der Waals surface area contributed by atoms with E-state index in [0.717, 1.165) is 9.13 Å². The minimum Gasteiger partial charge on any atom is -0.496 e. The average Bonchev–Trinajstić information content (AvgIpc) is 2.32. The number of halogens is 1. The van der Waals surface area contributed by atoms with E-state index in [-0.39, 0.29) is 12.4 Å². The van der Waals surface area contributed by atoms with Gasteiger partial charge in [0.1, 0.15) is 5.75 Å². The highest BCUT2D eigenvalue weighted by Crippen LogP contribution is 2.26. The van der Waals surface area contributed by atoms with Gasteiger partial charge in [-0.15, -0.1) is 0 Å². The molecule has 5 heteroatoms. The van der Waals surface area contributed by atoms with E-state index in [0.29, 0.717) is 17.9 Å². The Hall–Kier alpha value is -1.29. The Balaban J connectivity index is 3.06. The van der Waals surface area contributed by atoms with Crippen LogP contribution in [0.5, 0.6) is 5.75 Å². The molecule has 90 valence electrons. The number of esters is 1. The van der Waals surface area contributed by atoms with Crippen LogP contribution in [0.15, 0.2) is 12.1 Å². The molecule has 0 heterocycles. The smallest absolute Gasteiger partial charge is 0.310 e. The molecule has 0 unspecified atom stereocenters. The topological polar surface area (TPSA) is 59.3 Å². The normalized spacial score (nSPS) is 9.53. The first kappa shape index (κ1) is 13.8. The lowest BCUT2D eigenvalue weighted by atomic mass is 10.1. The quantitative estimate of drug-likeness (QED) is 0.621. The van der Waals surface area contributed by atoms with Gasteiger partial charge in [0, 0.05) is 0 Å². The first-order valence-corrected chi connectivity index (χ1v) is 6.12. The number of hydrogen-bond donors (Lipinski definition) is 0. The summed E-state index contributed by atoms with van der Waals surface area (Å²) in [7, 11) is 1.53. The van der Waals surface area contributed by atoms with Crippen LogP contribution in [0.4, 0.5) is 0 Å². The summed E-state index contributed by atoms with van der Waals surface area (Å²) in [5.41, 5.74) is 1.22. The van der Waals surface area contributed by atoms with Crippen molar-refractivity contribution in [2.24, 2.45) is 0 Å². The number of ether oxygens (including phenoxy) is 2. The zero-order chi connectivity index (χ0) is 12.8. The second-order valence-electron chi connectivity index (χ2n) is 3.25. The minimum absolute atomic E-state index is 0.151. The van der Waals surface area contributed by atoms with Crippen molar-refractivity contribution >= 4 is 28.6 Å². The van der Waals surface area contributed by atoms with Crippen molar-refractivity contribution in [2.45, 2.75) is 13.3 Å². The molecule has 1 aromatic carbocycles. The van der Waals surface area contributed by atoms with Gasteiger partial charge in [0.15, 0.2) is 0 Å². The van der Waals surface area contributed by atoms with E-state index in [1.54, 1.807) is 19.1 Å². The van der Waals surface area contributed by atoms with E-state index < -0.39 is 0 Å². The Morgan fingerprint density at radius 2 is 2.24 bits per heavy atom. The van der Waals surface area contributed by atoms with Gasteiger partial charge in [-0.2, -0.15) is 5.26 Å². The Morgan fingerprint density at radius 3 is 2.76 bits per heavy atom. The monoisotopic (exact) mass is 345 g/mol. The lowest BCUT2D eigenvalue weighted by molar-refractivity contribution is -0.142. The van der Waals surface area contributed by atoms with Crippen LogP contribution in [0.25, 0.3) is 0 Å². The fraction of sp³-hybridized carbons (Fsp3) is 0.333. The molecule has 0 atom stereocenters. The first-order chi connectivity index (χ1) is 8.12. The van der Waals surface area contributed by atoms with Crippen LogP contribution in [0.3, 0.4) is 0 Å². The number of carbonyl (C=O) groups is 1. The van der Waals surface area contributed by atoms with Gasteiger partial charge in [-0.05, 0) is 47.2 Å². The molecule has 1 aromatic rings. The van der Waals surface area contributed by atoms with Crippen molar-refractivity contribution < 1.29 is 14.3 Å². The summed E-state index contributed by atoms with van der Waals surface area (Å²) in [5.74, 6) is 0.298. The molecular weight excluding hydrogens is 333 g/mol. The number of benzene rings is 1. The average molecular weight is 345 g/mol. The number of rotatable bonds is 4. The van der Waals surface area contributed by atoms with Crippen LogP contribution in [0.2, 0.25) is 0 Å². The maximum absolute atomic E-state index is 11.4. The third-order valence-corrected chi connectivity index (χ3v) is 3.33. The molecule has 0 spiro atoms. The zero-order valence-electron chi connectivity index (χ0n) is 9.62. The largest absolute Gasteiger partial charge is 0.496 e. The van der Waals surface area contributed by atoms with Crippen LogP contribution in [-0.2, 0) is 16.0 Å². The molecular formula is C12H12INO3. The van der Waals surface area contributed by atoms with Gasteiger partial charge >= 0.3 is 5.97 Å². The van der Waals surface area contributed by atoms with E-state index in [4.69, 9.17) is 14.7 Å². The number of hydrogen-bond acceptors (Lipinski definition) is 4. The Bertz CT molecular complexity index is 466. The van der Waals surface area contributed by atoms with Gasteiger partial charge in [0.25, 0.3) is 0 Å². The summed E-state index contributed by atoms with van der Waals surface area (Å²) in [6, 6.07) is 5.37. The molecule has 0 aliphatic carbocycles. The Kier molecular flexibility index (Phi) is 5.22. The third kappa shape index (κ3) is 3.60. The number of methoxy groups -OCH3 is 1.